The first-order valence-corrected chi connectivity index (χ1v) is 9.07. The lowest BCUT2D eigenvalue weighted by molar-refractivity contribution is 0.600. The van der Waals surface area contributed by atoms with Gasteiger partial charge in [-0.15, -0.1) is 11.3 Å². The van der Waals surface area contributed by atoms with Crippen molar-refractivity contribution in [2.45, 2.75) is 4.90 Å². The molecule has 8 heteroatoms. The highest BCUT2D eigenvalue weighted by molar-refractivity contribution is 7.92. The highest BCUT2D eigenvalue weighted by Crippen LogP contribution is 2.28. The molecular weight excluding hydrogens is 342 g/mol. The molecule has 0 aliphatic rings. The Morgan fingerprint density at radius 2 is 2.00 bits per heavy atom. The molecule has 0 fully saturated rings. The van der Waals surface area contributed by atoms with Gasteiger partial charge in [0.1, 0.15) is 16.4 Å². The maximum Gasteiger partial charge on any atom is 0.264 e. The first-order valence-electron chi connectivity index (χ1n) is 6.32. The van der Waals surface area contributed by atoms with E-state index < -0.39 is 10.0 Å². The zero-order valence-corrected chi connectivity index (χ0v) is 13.9. The third-order valence-corrected chi connectivity index (χ3v) is 5.77. The Morgan fingerprint density at radius 3 is 2.68 bits per heavy atom. The average Bonchev–Trinajstić information content (AvgIpc) is 3.09. The third-order valence-electron chi connectivity index (χ3n) is 3.02. The summed E-state index contributed by atoms with van der Waals surface area (Å²) in [5, 5.41) is 6.44. The Bertz CT molecular complexity index is 902. The van der Waals surface area contributed by atoms with Crippen molar-refractivity contribution in [2.75, 3.05) is 4.72 Å². The van der Waals surface area contributed by atoms with Gasteiger partial charge in [-0.25, -0.2) is 8.42 Å². The lowest BCUT2D eigenvalue weighted by Crippen LogP contribution is -2.15. The minimum atomic E-state index is -3.76. The topological polar surface area (TPSA) is 64.0 Å². The van der Waals surface area contributed by atoms with E-state index in [1.807, 2.05) is 17.5 Å². The highest BCUT2D eigenvalue weighted by atomic mass is 35.5. The Morgan fingerprint density at radius 1 is 1.23 bits per heavy atom. The van der Waals surface area contributed by atoms with Gasteiger partial charge in [0.05, 0.1) is 9.90 Å². The lowest BCUT2D eigenvalue weighted by Gasteiger charge is -2.08. The van der Waals surface area contributed by atoms with Crippen LogP contribution >= 0.6 is 22.9 Å². The van der Waals surface area contributed by atoms with Crippen molar-refractivity contribution in [1.82, 2.24) is 9.78 Å². The first kappa shape index (κ1) is 15.1. The van der Waals surface area contributed by atoms with Crippen LogP contribution < -0.4 is 4.72 Å². The molecule has 2 heterocycles. The average molecular weight is 354 g/mol. The number of nitrogens with zero attached hydrogens (tertiary/aromatic N) is 2. The van der Waals surface area contributed by atoms with Gasteiger partial charge in [0.15, 0.2) is 0 Å². The predicted molar refractivity (Wildman–Crippen MR) is 88.8 cm³/mol. The maximum absolute atomic E-state index is 12.4. The minimum absolute atomic E-state index is 0.0375. The molecule has 5 nitrogen and oxygen atoms in total. The lowest BCUT2D eigenvalue weighted by atomic mass is 10.3. The second-order valence-corrected chi connectivity index (χ2v) is 7.56. The molecule has 1 aromatic carbocycles. The number of thiophene rings is 1. The summed E-state index contributed by atoms with van der Waals surface area (Å²) in [7, 11) is -2.08. The molecular formula is C14H12ClN3O2S2. The largest absolute Gasteiger partial charge is 0.264 e. The second-order valence-electron chi connectivity index (χ2n) is 4.55. The maximum atomic E-state index is 12.4. The molecule has 114 valence electrons. The summed E-state index contributed by atoms with van der Waals surface area (Å²) in [6, 6.07) is 11.8. The van der Waals surface area contributed by atoms with Crippen LogP contribution in [0.2, 0.25) is 5.02 Å². The van der Waals surface area contributed by atoms with Crippen LogP contribution in [-0.2, 0) is 17.1 Å². The monoisotopic (exact) mass is 353 g/mol. The summed E-state index contributed by atoms with van der Waals surface area (Å²) in [6.45, 7) is 0. The van der Waals surface area contributed by atoms with Crippen LogP contribution in [0.25, 0.3) is 10.6 Å². The van der Waals surface area contributed by atoms with E-state index in [1.54, 1.807) is 36.6 Å². The van der Waals surface area contributed by atoms with Crippen molar-refractivity contribution in [1.29, 1.82) is 0 Å². The Labute approximate surface area is 137 Å². The van der Waals surface area contributed by atoms with Crippen LogP contribution in [0.3, 0.4) is 0 Å². The molecule has 0 unspecified atom stereocenters. The molecule has 0 saturated heterocycles. The van der Waals surface area contributed by atoms with Gasteiger partial charge in [0.25, 0.3) is 10.0 Å². The van der Waals surface area contributed by atoms with E-state index in [-0.39, 0.29) is 9.92 Å². The van der Waals surface area contributed by atoms with Crippen molar-refractivity contribution in [2.24, 2.45) is 7.05 Å². The van der Waals surface area contributed by atoms with Gasteiger partial charge in [-0.2, -0.15) is 5.10 Å². The van der Waals surface area contributed by atoms with Gasteiger partial charge in [-0.05, 0) is 23.6 Å². The number of benzene rings is 1. The number of halogens is 1. The molecule has 22 heavy (non-hydrogen) atoms. The molecule has 0 bridgehead atoms. The van der Waals surface area contributed by atoms with Crippen LogP contribution in [-0.4, -0.2) is 18.2 Å². The van der Waals surface area contributed by atoms with Gasteiger partial charge < -0.3 is 0 Å². The fourth-order valence-electron chi connectivity index (χ4n) is 1.96. The van der Waals surface area contributed by atoms with Crippen LogP contribution in [0.15, 0.2) is 52.7 Å². The fraction of sp³-hybridized carbons (Fsp3) is 0.0714. The molecule has 0 atom stereocenters. The number of nitrogens with one attached hydrogen (secondary N) is 1. The molecule has 3 aromatic rings. The molecule has 3 rings (SSSR count). The molecule has 0 saturated carbocycles. The van der Waals surface area contributed by atoms with Crippen LogP contribution in [0.1, 0.15) is 0 Å². The minimum Gasteiger partial charge on any atom is -0.264 e. The molecule has 0 radical (unpaired) electrons. The number of hydrogen-bond donors (Lipinski definition) is 1. The number of aromatic nitrogens is 2. The fourth-order valence-corrected chi connectivity index (χ4v) is 4.24. The van der Waals surface area contributed by atoms with Gasteiger partial charge in [-0.1, -0.05) is 29.8 Å². The predicted octanol–water partition coefficient (Wildman–Crippen LogP) is 3.60. The van der Waals surface area contributed by atoms with E-state index in [0.717, 1.165) is 4.88 Å². The smallest absolute Gasteiger partial charge is 0.264 e. The summed E-state index contributed by atoms with van der Waals surface area (Å²) in [6.07, 6.45) is 0. The normalized spacial score (nSPS) is 11.5. The van der Waals surface area contributed by atoms with Crippen molar-refractivity contribution < 1.29 is 8.42 Å². The Kier molecular flexibility index (Phi) is 3.94. The zero-order chi connectivity index (χ0) is 15.7. The summed E-state index contributed by atoms with van der Waals surface area (Å²) in [5.74, 6) is 0.378. The van der Waals surface area contributed by atoms with E-state index in [1.165, 1.54) is 16.8 Å². The van der Waals surface area contributed by atoms with E-state index in [4.69, 9.17) is 11.6 Å². The van der Waals surface area contributed by atoms with Gasteiger partial charge in [0, 0.05) is 13.1 Å². The van der Waals surface area contributed by atoms with Gasteiger partial charge in [-0.3, -0.25) is 9.40 Å². The number of hydrogen-bond acceptors (Lipinski definition) is 4. The standard InChI is InChI=1S/C14H12ClN3O2S2/c1-18-14(9-11(16-18)12-6-4-8-21-12)17-22(19,20)13-7-3-2-5-10(13)15/h2-9,17H,1H3. The van der Waals surface area contributed by atoms with Crippen molar-refractivity contribution in [3.63, 3.8) is 0 Å². The molecule has 0 spiro atoms. The van der Waals surface area contributed by atoms with Crippen molar-refractivity contribution in [3.8, 4) is 10.6 Å². The number of anilines is 1. The van der Waals surface area contributed by atoms with Gasteiger partial charge in [0.2, 0.25) is 0 Å². The molecule has 0 aliphatic heterocycles. The van der Waals surface area contributed by atoms with Crippen LogP contribution in [0.4, 0.5) is 5.82 Å². The van der Waals surface area contributed by atoms with E-state index >= 15 is 0 Å². The summed E-state index contributed by atoms with van der Waals surface area (Å²) in [5.41, 5.74) is 0.717. The summed E-state index contributed by atoms with van der Waals surface area (Å²) in [4.78, 5) is 1.01. The van der Waals surface area contributed by atoms with E-state index in [9.17, 15) is 8.42 Å². The quantitative estimate of drug-likeness (QED) is 0.779. The molecule has 1 N–H and O–H groups in total. The molecule has 2 aromatic heterocycles. The molecule has 0 amide bonds. The Balaban J connectivity index is 1.95. The third kappa shape index (κ3) is 2.87. The van der Waals surface area contributed by atoms with Crippen molar-refractivity contribution >= 4 is 38.8 Å². The summed E-state index contributed by atoms with van der Waals surface area (Å²) >= 11 is 7.50. The zero-order valence-electron chi connectivity index (χ0n) is 11.5. The first-order chi connectivity index (χ1) is 10.5. The molecule has 0 aliphatic carbocycles. The number of aryl methyl sites for hydroxylation is 1. The van der Waals surface area contributed by atoms with Gasteiger partial charge >= 0.3 is 0 Å². The van der Waals surface area contributed by atoms with Crippen LogP contribution in [0.5, 0.6) is 0 Å². The van der Waals surface area contributed by atoms with E-state index in [2.05, 4.69) is 9.82 Å². The summed E-state index contributed by atoms with van der Waals surface area (Å²) < 4.78 is 28.9. The number of rotatable bonds is 4. The number of sulfonamides is 1. The van der Waals surface area contributed by atoms with Crippen LogP contribution in [0, 0.1) is 0 Å². The van der Waals surface area contributed by atoms with E-state index in [0.29, 0.717) is 11.5 Å². The van der Waals surface area contributed by atoms with Crippen molar-refractivity contribution in [3.05, 3.63) is 52.9 Å². The second kappa shape index (κ2) is 5.75. The SMILES string of the molecule is Cn1nc(-c2cccs2)cc1NS(=O)(=O)c1ccccc1Cl. The Hall–Kier alpha value is -1.83. The highest BCUT2D eigenvalue weighted by Gasteiger charge is 2.20.